The second-order valence-electron chi connectivity index (χ2n) is 5.02. The minimum atomic E-state index is 0.0201. The van der Waals surface area contributed by atoms with Gasteiger partial charge < -0.3 is 11.1 Å². The van der Waals surface area contributed by atoms with Gasteiger partial charge in [-0.1, -0.05) is 6.92 Å². The number of amides is 1. The van der Waals surface area contributed by atoms with Gasteiger partial charge >= 0.3 is 0 Å². The van der Waals surface area contributed by atoms with E-state index in [-0.39, 0.29) is 5.91 Å². The molecule has 0 aliphatic heterocycles. The highest BCUT2D eigenvalue weighted by molar-refractivity contribution is 7.13. The second-order valence-corrected chi connectivity index (χ2v) is 5.91. The molecule has 1 saturated carbocycles. The lowest BCUT2D eigenvalue weighted by molar-refractivity contribution is -0.118. The van der Waals surface area contributed by atoms with Crippen LogP contribution in [0.15, 0.2) is 11.6 Å². The van der Waals surface area contributed by atoms with Crippen molar-refractivity contribution in [1.29, 1.82) is 0 Å². The van der Waals surface area contributed by atoms with Crippen molar-refractivity contribution >= 4 is 22.4 Å². The van der Waals surface area contributed by atoms with Crippen molar-refractivity contribution < 1.29 is 4.79 Å². The van der Waals surface area contributed by atoms with Crippen LogP contribution in [0, 0.1) is 0 Å². The molecule has 0 aromatic carbocycles. The van der Waals surface area contributed by atoms with Crippen LogP contribution in [0.5, 0.6) is 0 Å². The number of nitrogens with zero attached hydrogens (tertiary/aromatic N) is 2. The quantitative estimate of drug-likeness (QED) is 0.862. The summed E-state index contributed by atoms with van der Waals surface area (Å²) in [4.78, 5) is 18.3. The molecule has 0 bridgehead atoms. The van der Waals surface area contributed by atoms with Crippen molar-refractivity contribution in [3.8, 4) is 0 Å². The molecule has 1 aliphatic rings. The molecule has 19 heavy (non-hydrogen) atoms. The van der Waals surface area contributed by atoms with Crippen LogP contribution >= 0.6 is 11.3 Å². The predicted molar refractivity (Wildman–Crippen MR) is 78.2 cm³/mol. The average molecular weight is 282 g/mol. The van der Waals surface area contributed by atoms with Crippen molar-refractivity contribution in [2.45, 2.75) is 44.7 Å². The molecule has 0 atom stereocenters. The van der Waals surface area contributed by atoms with E-state index in [1.54, 1.807) is 6.20 Å². The lowest BCUT2D eigenvalue weighted by Gasteiger charge is -2.34. The first kappa shape index (κ1) is 14.4. The summed E-state index contributed by atoms with van der Waals surface area (Å²) in [6.45, 7) is 3.44. The molecule has 1 heterocycles. The Morgan fingerprint density at radius 1 is 1.53 bits per heavy atom. The van der Waals surface area contributed by atoms with Gasteiger partial charge in [-0.2, -0.15) is 0 Å². The normalized spacial score (nSPS) is 23.5. The molecule has 1 aromatic rings. The number of thiazole rings is 1. The number of aromatic nitrogens is 1. The van der Waals surface area contributed by atoms with Crippen LogP contribution in [0.25, 0.3) is 0 Å². The number of likely N-dealkylation sites (N-methyl/N-ethyl adjacent to an activating group) is 1. The number of nitrogens with two attached hydrogens (primary N) is 1. The summed E-state index contributed by atoms with van der Waals surface area (Å²) in [7, 11) is 0. The van der Waals surface area contributed by atoms with E-state index >= 15 is 0 Å². The van der Waals surface area contributed by atoms with E-state index in [4.69, 9.17) is 5.73 Å². The van der Waals surface area contributed by atoms with E-state index in [9.17, 15) is 4.79 Å². The molecule has 1 aliphatic carbocycles. The van der Waals surface area contributed by atoms with Crippen molar-refractivity contribution in [2.24, 2.45) is 5.73 Å². The maximum Gasteiger partial charge on any atom is 0.240 e. The summed E-state index contributed by atoms with van der Waals surface area (Å²) in [6, 6.07) is 0.839. The topological polar surface area (TPSA) is 71.2 Å². The van der Waals surface area contributed by atoms with Gasteiger partial charge in [-0.15, -0.1) is 11.3 Å². The van der Waals surface area contributed by atoms with Gasteiger partial charge in [0.25, 0.3) is 0 Å². The molecule has 0 saturated heterocycles. The maximum atomic E-state index is 12.0. The molecule has 1 aromatic heterocycles. The van der Waals surface area contributed by atoms with E-state index in [0.717, 1.165) is 32.2 Å². The van der Waals surface area contributed by atoms with E-state index in [0.29, 0.717) is 23.8 Å². The molecule has 0 radical (unpaired) electrons. The zero-order valence-electron chi connectivity index (χ0n) is 11.3. The molecule has 6 heteroatoms. The number of hydrogen-bond acceptors (Lipinski definition) is 5. The monoisotopic (exact) mass is 282 g/mol. The van der Waals surface area contributed by atoms with Crippen LogP contribution in [-0.4, -0.2) is 41.0 Å². The van der Waals surface area contributed by atoms with Crippen LogP contribution in [0.4, 0.5) is 5.13 Å². The van der Waals surface area contributed by atoms with Crippen molar-refractivity contribution in [2.75, 3.05) is 18.4 Å². The average Bonchev–Trinajstić information content (AvgIpc) is 2.90. The zero-order chi connectivity index (χ0) is 13.7. The van der Waals surface area contributed by atoms with Gasteiger partial charge in [0.1, 0.15) is 0 Å². The zero-order valence-corrected chi connectivity index (χ0v) is 12.2. The van der Waals surface area contributed by atoms with Gasteiger partial charge in [0.15, 0.2) is 5.13 Å². The minimum Gasteiger partial charge on any atom is -0.328 e. The molecule has 3 N–H and O–H groups in total. The number of rotatable bonds is 5. The van der Waals surface area contributed by atoms with Gasteiger partial charge in [-0.3, -0.25) is 9.69 Å². The Labute approximate surface area is 118 Å². The molecule has 2 rings (SSSR count). The van der Waals surface area contributed by atoms with E-state index in [1.165, 1.54) is 11.3 Å². The Morgan fingerprint density at radius 3 is 2.84 bits per heavy atom. The summed E-state index contributed by atoms with van der Waals surface area (Å²) >= 11 is 1.44. The highest BCUT2D eigenvalue weighted by atomic mass is 32.1. The number of anilines is 1. The van der Waals surface area contributed by atoms with Gasteiger partial charge in [0, 0.05) is 23.7 Å². The fourth-order valence-electron chi connectivity index (χ4n) is 2.59. The van der Waals surface area contributed by atoms with Crippen molar-refractivity contribution in [3.63, 3.8) is 0 Å². The van der Waals surface area contributed by atoms with Crippen LogP contribution in [0.2, 0.25) is 0 Å². The molecule has 5 nitrogen and oxygen atoms in total. The van der Waals surface area contributed by atoms with Crippen molar-refractivity contribution in [1.82, 2.24) is 9.88 Å². The predicted octanol–water partition coefficient (Wildman–Crippen LogP) is 1.67. The molecular weight excluding hydrogens is 260 g/mol. The summed E-state index contributed by atoms with van der Waals surface area (Å²) in [6.07, 6.45) is 6.02. The standard InChI is InChI=1S/C13H22N4OS/c1-2-17(11-5-3-10(14)4-6-11)9-12(18)16-13-15-7-8-19-13/h7-8,10-11H,2-6,9,14H2,1H3,(H,15,16,18). The molecular formula is C13H22N4OS. The number of carbonyl (C=O) groups excluding carboxylic acids is 1. The lowest BCUT2D eigenvalue weighted by Crippen LogP contribution is -2.44. The van der Waals surface area contributed by atoms with Crippen LogP contribution < -0.4 is 11.1 Å². The summed E-state index contributed by atoms with van der Waals surface area (Å²) in [5.74, 6) is 0.0201. The van der Waals surface area contributed by atoms with Gasteiger partial charge in [0.2, 0.25) is 5.91 Å². The van der Waals surface area contributed by atoms with Crippen LogP contribution in [0.3, 0.4) is 0 Å². The van der Waals surface area contributed by atoms with Gasteiger partial charge in [-0.05, 0) is 32.2 Å². The van der Waals surface area contributed by atoms with E-state index < -0.39 is 0 Å². The van der Waals surface area contributed by atoms with Gasteiger partial charge in [-0.25, -0.2) is 4.98 Å². The number of nitrogens with one attached hydrogen (secondary N) is 1. The fraction of sp³-hybridized carbons (Fsp3) is 0.692. The van der Waals surface area contributed by atoms with Gasteiger partial charge in [0.05, 0.1) is 6.54 Å². The third-order valence-electron chi connectivity index (χ3n) is 3.69. The summed E-state index contributed by atoms with van der Waals surface area (Å²) in [5, 5.41) is 5.37. The number of hydrogen-bond donors (Lipinski definition) is 2. The first-order valence-electron chi connectivity index (χ1n) is 6.88. The van der Waals surface area contributed by atoms with E-state index in [2.05, 4.69) is 22.1 Å². The molecule has 1 amide bonds. The Balaban J connectivity index is 1.83. The summed E-state index contributed by atoms with van der Waals surface area (Å²) in [5.41, 5.74) is 5.93. The maximum absolute atomic E-state index is 12.0. The molecule has 106 valence electrons. The smallest absolute Gasteiger partial charge is 0.240 e. The largest absolute Gasteiger partial charge is 0.328 e. The minimum absolute atomic E-state index is 0.0201. The Kier molecular flexibility index (Phi) is 5.30. The third kappa shape index (κ3) is 4.26. The first-order chi connectivity index (χ1) is 9.19. The number of carbonyl (C=O) groups is 1. The first-order valence-corrected chi connectivity index (χ1v) is 7.76. The fourth-order valence-corrected chi connectivity index (χ4v) is 3.14. The van der Waals surface area contributed by atoms with E-state index in [1.807, 2.05) is 5.38 Å². The molecule has 1 fully saturated rings. The highest BCUT2D eigenvalue weighted by Gasteiger charge is 2.24. The Hall–Kier alpha value is -0.980. The van der Waals surface area contributed by atoms with Crippen LogP contribution in [0.1, 0.15) is 32.6 Å². The van der Waals surface area contributed by atoms with Crippen LogP contribution in [-0.2, 0) is 4.79 Å². The SMILES string of the molecule is CCN(CC(=O)Nc1nccs1)C1CCC(N)CC1. The Bertz CT molecular complexity index is 387. The Morgan fingerprint density at radius 2 is 2.26 bits per heavy atom. The molecule has 0 spiro atoms. The summed E-state index contributed by atoms with van der Waals surface area (Å²) < 4.78 is 0. The lowest BCUT2D eigenvalue weighted by atomic mass is 9.91. The highest BCUT2D eigenvalue weighted by Crippen LogP contribution is 2.22. The van der Waals surface area contributed by atoms with Crippen molar-refractivity contribution in [3.05, 3.63) is 11.6 Å². The second kappa shape index (κ2) is 6.98. The molecule has 0 unspecified atom stereocenters. The third-order valence-corrected chi connectivity index (χ3v) is 4.38.